The van der Waals surface area contributed by atoms with Gasteiger partial charge < -0.3 is 10.2 Å². The minimum atomic E-state index is -0.193. The molecule has 6 nitrogen and oxygen atoms in total. The van der Waals surface area contributed by atoms with Crippen molar-refractivity contribution in [1.82, 2.24) is 14.8 Å². The molecular weight excluding hydrogens is 376 g/mol. The van der Waals surface area contributed by atoms with E-state index in [0.29, 0.717) is 18.8 Å². The van der Waals surface area contributed by atoms with Crippen molar-refractivity contribution in [2.45, 2.75) is 37.6 Å². The van der Waals surface area contributed by atoms with Crippen molar-refractivity contribution in [1.29, 1.82) is 0 Å². The van der Waals surface area contributed by atoms with Crippen LogP contribution in [0.1, 0.15) is 37.7 Å². The quantitative estimate of drug-likeness (QED) is 0.828. The molecule has 1 spiro atoms. The lowest BCUT2D eigenvalue weighted by atomic mass is 9.64. The molecule has 2 aromatic rings. The van der Waals surface area contributed by atoms with Crippen LogP contribution in [0, 0.1) is 5.41 Å². The lowest BCUT2D eigenvalue weighted by molar-refractivity contribution is -0.131. The lowest BCUT2D eigenvalue weighted by Gasteiger charge is -2.48. The van der Waals surface area contributed by atoms with E-state index < -0.39 is 0 Å². The van der Waals surface area contributed by atoms with Gasteiger partial charge in [-0.25, -0.2) is 4.98 Å². The number of anilines is 1. The first kappa shape index (κ1) is 20.5. The van der Waals surface area contributed by atoms with E-state index in [2.05, 4.69) is 59.6 Å². The normalized spacial score (nSPS) is 26.4. The van der Waals surface area contributed by atoms with Crippen molar-refractivity contribution in [2.75, 3.05) is 32.5 Å². The van der Waals surface area contributed by atoms with Crippen molar-refractivity contribution in [3.63, 3.8) is 0 Å². The topological polar surface area (TPSA) is 65.5 Å². The van der Waals surface area contributed by atoms with Crippen LogP contribution in [-0.4, -0.2) is 53.8 Å². The molecule has 0 unspecified atom stereocenters. The molecule has 6 heteroatoms. The molecule has 1 saturated heterocycles. The summed E-state index contributed by atoms with van der Waals surface area (Å²) in [6.45, 7) is 0.758. The standard InChI is InChI=1S/C24H30N4O2/c1-27(2)24(19-8-4-3-5-9-19)13-11-23(12-14-24)16-22(30)28(18-23)17-21(29)26-20-10-6-7-15-25-20/h3-10,15H,11-14,16-18H2,1-2H3,(H,25,26,29). The third-order valence-electron chi connectivity index (χ3n) is 6.98. The number of hydrogen-bond donors (Lipinski definition) is 1. The first-order chi connectivity index (χ1) is 14.4. The van der Waals surface area contributed by atoms with Gasteiger partial charge in [-0.05, 0) is 62.9 Å². The number of carbonyl (C=O) groups is 2. The number of nitrogens with one attached hydrogen (secondary N) is 1. The van der Waals surface area contributed by atoms with Gasteiger partial charge in [0.25, 0.3) is 0 Å². The van der Waals surface area contributed by atoms with Gasteiger partial charge in [-0.3, -0.25) is 14.5 Å². The minimum Gasteiger partial charge on any atom is -0.333 e. The van der Waals surface area contributed by atoms with Gasteiger partial charge in [0.15, 0.2) is 0 Å². The number of amides is 2. The summed E-state index contributed by atoms with van der Waals surface area (Å²) >= 11 is 0. The number of rotatable bonds is 5. The summed E-state index contributed by atoms with van der Waals surface area (Å²) in [5.41, 5.74) is 1.34. The largest absolute Gasteiger partial charge is 0.333 e. The predicted octanol–water partition coefficient (Wildman–Crippen LogP) is 3.27. The maximum atomic E-state index is 12.7. The van der Waals surface area contributed by atoms with Gasteiger partial charge in [-0.1, -0.05) is 36.4 Å². The Morgan fingerprint density at radius 3 is 2.40 bits per heavy atom. The zero-order chi connectivity index (χ0) is 21.2. The summed E-state index contributed by atoms with van der Waals surface area (Å²) < 4.78 is 0. The molecule has 2 fully saturated rings. The van der Waals surface area contributed by atoms with Crippen molar-refractivity contribution < 1.29 is 9.59 Å². The average molecular weight is 407 g/mol. The van der Waals surface area contributed by atoms with Gasteiger partial charge in [-0.15, -0.1) is 0 Å². The molecule has 1 saturated carbocycles. The Hall–Kier alpha value is -2.73. The summed E-state index contributed by atoms with van der Waals surface area (Å²) in [5.74, 6) is 0.408. The number of pyridine rings is 1. The first-order valence-electron chi connectivity index (χ1n) is 10.6. The highest BCUT2D eigenvalue weighted by atomic mass is 16.2. The molecular formula is C24H30N4O2. The third-order valence-corrected chi connectivity index (χ3v) is 6.98. The third kappa shape index (κ3) is 3.97. The lowest BCUT2D eigenvalue weighted by Crippen LogP contribution is -2.47. The van der Waals surface area contributed by atoms with E-state index in [9.17, 15) is 9.59 Å². The summed E-state index contributed by atoms with van der Waals surface area (Å²) in [4.78, 5) is 33.3. The van der Waals surface area contributed by atoms with Crippen LogP contribution in [0.3, 0.4) is 0 Å². The molecule has 1 aromatic carbocycles. The zero-order valence-electron chi connectivity index (χ0n) is 17.8. The van der Waals surface area contributed by atoms with Crippen LogP contribution in [0.15, 0.2) is 54.7 Å². The van der Waals surface area contributed by atoms with Crippen LogP contribution in [0.5, 0.6) is 0 Å². The van der Waals surface area contributed by atoms with Gasteiger partial charge in [0.1, 0.15) is 5.82 Å². The molecule has 0 atom stereocenters. The molecule has 1 aliphatic carbocycles. The number of likely N-dealkylation sites (tertiary alicyclic amines) is 1. The van der Waals surface area contributed by atoms with E-state index in [1.165, 1.54) is 5.56 Å². The van der Waals surface area contributed by atoms with Gasteiger partial charge in [-0.2, -0.15) is 0 Å². The molecule has 1 aromatic heterocycles. The van der Waals surface area contributed by atoms with E-state index in [0.717, 1.165) is 25.7 Å². The SMILES string of the molecule is CN(C)C1(c2ccccc2)CCC2(CC1)CC(=O)N(CC(=O)Nc1ccccn1)C2. The molecule has 4 rings (SSSR count). The highest BCUT2D eigenvalue weighted by Crippen LogP contribution is 2.52. The van der Waals surface area contributed by atoms with E-state index in [1.54, 1.807) is 23.2 Å². The summed E-state index contributed by atoms with van der Waals surface area (Å²) in [6.07, 6.45) is 6.20. The van der Waals surface area contributed by atoms with Gasteiger partial charge >= 0.3 is 0 Å². The first-order valence-corrected chi connectivity index (χ1v) is 10.6. The minimum absolute atomic E-state index is 0.0132. The molecule has 30 heavy (non-hydrogen) atoms. The molecule has 2 amide bonds. The van der Waals surface area contributed by atoms with E-state index in [-0.39, 0.29) is 29.3 Å². The molecule has 0 radical (unpaired) electrons. The molecule has 1 N–H and O–H groups in total. The van der Waals surface area contributed by atoms with Gasteiger partial charge in [0, 0.05) is 24.7 Å². The Balaban J connectivity index is 1.41. The second-order valence-electron chi connectivity index (χ2n) is 8.98. The summed E-state index contributed by atoms with van der Waals surface area (Å²) in [5, 5.41) is 2.78. The number of benzene rings is 1. The number of nitrogens with zero attached hydrogens (tertiary/aromatic N) is 3. The van der Waals surface area contributed by atoms with Crippen molar-refractivity contribution in [3.8, 4) is 0 Å². The smallest absolute Gasteiger partial charge is 0.245 e. The summed E-state index contributed by atoms with van der Waals surface area (Å²) in [6, 6.07) is 16.1. The molecule has 1 aliphatic heterocycles. The number of carbonyl (C=O) groups excluding carboxylic acids is 2. The number of aromatic nitrogens is 1. The van der Waals surface area contributed by atoms with Crippen LogP contribution in [-0.2, 0) is 15.1 Å². The Kier molecular flexibility index (Phi) is 5.60. The van der Waals surface area contributed by atoms with E-state index >= 15 is 0 Å². The highest BCUT2D eigenvalue weighted by Gasteiger charge is 2.50. The van der Waals surface area contributed by atoms with Gasteiger partial charge in [0.05, 0.1) is 6.54 Å². The molecule has 2 heterocycles. The fourth-order valence-electron chi connectivity index (χ4n) is 5.19. The maximum Gasteiger partial charge on any atom is 0.245 e. The molecule has 2 aliphatic rings. The van der Waals surface area contributed by atoms with Crippen molar-refractivity contribution in [3.05, 3.63) is 60.3 Å². The van der Waals surface area contributed by atoms with Crippen molar-refractivity contribution in [2.24, 2.45) is 5.41 Å². The predicted molar refractivity (Wildman–Crippen MR) is 117 cm³/mol. The molecule has 158 valence electrons. The fraction of sp³-hybridized carbons (Fsp3) is 0.458. The van der Waals surface area contributed by atoms with Crippen LogP contribution < -0.4 is 5.32 Å². The van der Waals surface area contributed by atoms with E-state index in [4.69, 9.17) is 0 Å². The Labute approximate surface area is 178 Å². The Morgan fingerprint density at radius 2 is 1.77 bits per heavy atom. The van der Waals surface area contributed by atoms with Crippen LogP contribution in [0.2, 0.25) is 0 Å². The van der Waals surface area contributed by atoms with Crippen LogP contribution >= 0.6 is 0 Å². The second kappa shape index (κ2) is 8.19. The Morgan fingerprint density at radius 1 is 1.07 bits per heavy atom. The monoisotopic (exact) mass is 406 g/mol. The summed E-state index contributed by atoms with van der Waals surface area (Å²) in [7, 11) is 4.30. The van der Waals surface area contributed by atoms with Gasteiger partial charge in [0.2, 0.25) is 11.8 Å². The average Bonchev–Trinajstić information content (AvgIpc) is 3.04. The molecule has 0 bridgehead atoms. The van der Waals surface area contributed by atoms with E-state index in [1.807, 2.05) is 6.07 Å². The highest BCUT2D eigenvalue weighted by molar-refractivity contribution is 5.94. The zero-order valence-corrected chi connectivity index (χ0v) is 17.8. The number of hydrogen-bond acceptors (Lipinski definition) is 4. The van der Waals surface area contributed by atoms with Crippen LogP contribution in [0.25, 0.3) is 0 Å². The van der Waals surface area contributed by atoms with Crippen molar-refractivity contribution >= 4 is 17.6 Å². The van der Waals surface area contributed by atoms with Crippen LogP contribution in [0.4, 0.5) is 5.82 Å². The second-order valence-corrected chi connectivity index (χ2v) is 8.98. The Bertz CT molecular complexity index is 890. The fourth-order valence-corrected chi connectivity index (χ4v) is 5.19. The maximum absolute atomic E-state index is 12.7.